The monoisotopic (exact) mass is 441 g/mol. The minimum atomic E-state index is -4.15. The molecule has 0 saturated carbocycles. The number of nitrogens with zero attached hydrogens (tertiary/aromatic N) is 2. The lowest BCUT2D eigenvalue weighted by molar-refractivity contribution is -0.138. The maximum Gasteiger partial charge on any atom is 0.494 e. The number of amides is 1. The standard InChI is InChI=1S/C21H31BF3N3O3/c1-19(2)20(3,4)31-22(30-19)15-6-7-16(18(29)26-5)17(14-15)28-12-10-27(11-13-28)9-8-21(23,24)25/h6-7,14H,8-13H2,1-5H3,(H,26,29). The molecule has 0 spiro atoms. The molecular weight excluding hydrogens is 410 g/mol. The summed E-state index contributed by atoms with van der Waals surface area (Å²) in [6, 6.07) is 5.48. The molecule has 0 aromatic heterocycles. The van der Waals surface area contributed by atoms with Crippen molar-refractivity contribution >= 4 is 24.2 Å². The van der Waals surface area contributed by atoms with Gasteiger partial charge in [0.1, 0.15) is 0 Å². The van der Waals surface area contributed by atoms with Gasteiger partial charge in [0.15, 0.2) is 0 Å². The van der Waals surface area contributed by atoms with Gasteiger partial charge in [-0.3, -0.25) is 9.69 Å². The fourth-order valence-electron chi connectivity index (χ4n) is 3.76. The van der Waals surface area contributed by atoms with Crippen molar-refractivity contribution in [2.24, 2.45) is 0 Å². The highest BCUT2D eigenvalue weighted by molar-refractivity contribution is 6.62. The normalized spacial score (nSPS) is 21.4. The number of halogens is 3. The van der Waals surface area contributed by atoms with E-state index < -0.39 is 30.9 Å². The maximum atomic E-state index is 12.5. The van der Waals surface area contributed by atoms with E-state index >= 15 is 0 Å². The third-order valence-electron chi connectivity index (χ3n) is 6.44. The zero-order chi connectivity index (χ0) is 23.0. The van der Waals surface area contributed by atoms with Crippen LogP contribution in [0.3, 0.4) is 0 Å². The summed E-state index contributed by atoms with van der Waals surface area (Å²) in [6.07, 6.45) is -4.96. The quantitative estimate of drug-likeness (QED) is 0.712. The molecule has 0 unspecified atom stereocenters. The van der Waals surface area contributed by atoms with Crippen molar-refractivity contribution in [3.05, 3.63) is 23.8 Å². The van der Waals surface area contributed by atoms with E-state index in [0.717, 1.165) is 11.2 Å². The molecule has 3 rings (SSSR count). The second-order valence-corrected chi connectivity index (χ2v) is 9.14. The predicted octanol–water partition coefficient (Wildman–Crippen LogP) is 2.42. The Morgan fingerprint density at radius 1 is 1.10 bits per heavy atom. The molecule has 2 aliphatic heterocycles. The molecule has 1 aromatic carbocycles. The van der Waals surface area contributed by atoms with Crippen LogP contribution in [0.1, 0.15) is 44.5 Å². The maximum absolute atomic E-state index is 12.5. The first-order valence-corrected chi connectivity index (χ1v) is 10.6. The zero-order valence-corrected chi connectivity index (χ0v) is 18.8. The summed E-state index contributed by atoms with van der Waals surface area (Å²) in [7, 11) is 1.01. The van der Waals surface area contributed by atoms with Crippen LogP contribution in [0.25, 0.3) is 0 Å². The van der Waals surface area contributed by atoms with Gasteiger partial charge >= 0.3 is 13.3 Å². The van der Waals surface area contributed by atoms with Gasteiger partial charge in [0, 0.05) is 45.5 Å². The summed E-state index contributed by atoms with van der Waals surface area (Å²) >= 11 is 0. The number of piperazine rings is 1. The predicted molar refractivity (Wildman–Crippen MR) is 115 cm³/mol. The number of carbonyl (C=O) groups excluding carboxylic acids is 1. The van der Waals surface area contributed by atoms with E-state index in [9.17, 15) is 18.0 Å². The highest BCUT2D eigenvalue weighted by Gasteiger charge is 2.51. The summed E-state index contributed by atoms with van der Waals surface area (Å²) in [5.41, 5.74) is 1.09. The molecule has 0 atom stereocenters. The molecular formula is C21H31BF3N3O3. The van der Waals surface area contributed by atoms with E-state index in [-0.39, 0.29) is 12.5 Å². The lowest BCUT2D eigenvalue weighted by Gasteiger charge is -2.37. The molecule has 31 heavy (non-hydrogen) atoms. The number of rotatable bonds is 5. The number of alkyl halides is 3. The summed E-state index contributed by atoms with van der Waals surface area (Å²) in [5, 5.41) is 2.66. The molecule has 1 amide bonds. The SMILES string of the molecule is CNC(=O)c1ccc(B2OC(C)(C)C(C)(C)O2)cc1N1CCN(CCC(F)(F)F)CC1. The van der Waals surface area contributed by atoms with E-state index in [0.29, 0.717) is 31.7 Å². The third-order valence-corrected chi connectivity index (χ3v) is 6.44. The van der Waals surface area contributed by atoms with E-state index in [1.54, 1.807) is 13.1 Å². The van der Waals surface area contributed by atoms with E-state index in [1.807, 2.05) is 49.6 Å². The highest BCUT2D eigenvalue weighted by Crippen LogP contribution is 2.37. The van der Waals surface area contributed by atoms with Crippen LogP contribution in [-0.4, -0.2) is 75.1 Å². The Morgan fingerprint density at radius 3 is 2.19 bits per heavy atom. The van der Waals surface area contributed by atoms with Gasteiger partial charge in [-0.15, -0.1) is 0 Å². The van der Waals surface area contributed by atoms with Crippen LogP contribution in [0.15, 0.2) is 18.2 Å². The Hall–Kier alpha value is -1.78. The molecule has 6 nitrogen and oxygen atoms in total. The molecule has 172 valence electrons. The Labute approximate surface area is 182 Å². The Morgan fingerprint density at radius 2 is 1.68 bits per heavy atom. The lowest BCUT2D eigenvalue weighted by atomic mass is 9.78. The summed E-state index contributed by atoms with van der Waals surface area (Å²) in [6.45, 7) is 9.99. The molecule has 0 bridgehead atoms. The molecule has 2 aliphatic rings. The average molecular weight is 441 g/mol. The van der Waals surface area contributed by atoms with Crippen LogP contribution in [0.5, 0.6) is 0 Å². The Bertz CT molecular complexity index is 793. The molecule has 0 aliphatic carbocycles. The average Bonchev–Trinajstić information content (AvgIpc) is 2.92. The van der Waals surface area contributed by atoms with Gasteiger partial charge < -0.3 is 19.5 Å². The Kier molecular flexibility index (Phi) is 6.65. The molecule has 1 N–H and O–H groups in total. The number of hydrogen-bond donors (Lipinski definition) is 1. The van der Waals surface area contributed by atoms with Crippen molar-refractivity contribution in [1.82, 2.24) is 10.2 Å². The van der Waals surface area contributed by atoms with Crippen molar-refractivity contribution < 1.29 is 27.3 Å². The smallest absolute Gasteiger partial charge is 0.399 e. The van der Waals surface area contributed by atoms with Gasteiger partial charge in [-0.1, -0.05) is 6.07 Å². The highest BCUT2D eigenvalue weighted by atomic mass is 19.4. The number of hydrogen-bond acceptors (Lipinski definition) is 5. The second-order valence-electron chi connectivity index (χ2n) is 9.14. The number of carbonyl (C=O) groups is 1. The number of anilines is 1. The van der Waals surface area contributed by atoms with Gasteiger partial charge in [0.05, 0.1) is 23.2 Å². The molecule has 0 radical (unpaired) electrons. The first-order valence-electron chi connectivity index (χ1n) is 10.6. The van der Waals surface area contributed by atoms with Crippen molar-refractivity contribution in [1.29, 1.82) is 0 Å². The third kappa shape index (κ3) is 5.35. The summed E-state index contributed by atoms with van der Waals surface area (Å²) in [5.74, 6) is -0.213. The molecule has 2 saturated heterocycles. The first kappa shape index (κ1) is 23.9. The van der Waals surface area contributed by atoms with Gasteiger partial charge in [-0.25, -0.2) is 0 Å². The van der Waals surface area contributed by atoms with Crippen molar-refractivity contribution in [3.8, 4) is 0 Å². The largest absolute Gasteiger partial charge is 0.494 e. The number of nitrogens with one attached hydrogen (secondary N) is 1. The Balaban J connectivity index is 1.79. The van der Waals surface area contributed by atoms with Gasteiger partial charge in [0.2, 0.25) is 0 Å². The fraction of sp³-hybridized carbons (Fsp3) is 0.667. The van der Waals surface area contributed by atoms with Crippen LogP contribution < -0.4 is 15.7 Å². The van der Waals surface area contributed by atoms with Gasteiger partial charge in [-0.05, 0) is 45.3 Å². The topological polar surface area (TPSA) is 54.0 Å². The number of benzene rings is 1. The van der Waals surface area contributed by atoms with E-state index in [4.69, 9.17) is 9.31 Å². The molecule has 10 heteroatoms. The van der Waals surface area contributed by atoms with Gasteiger partial charge in [-0.2, -0.15) is 13.2 Å². The second kappa shape index (κ2) is 8.63. The zero-order valence-electron chi connectivity index (χ0n) is 18.8. The minimum absolute atomic E-state index is 0.00635. The van der Waals surface area contributed by atoms with E-state index in [1.165, 1.54) is 0 Å². The molecule has 2 heterocycles. The summed E-state index contributed by atoms with van der Waals surface area (Å²) in [4.78, 5) is 16.3. The van der Waals surface area contributed by atoms with Gasteiger partial charge in [0.25, 0.3) is 5.91 Å². The van der Waals surface area contributed by atoms with Crippen molar-refractivity contribution in [2.45, 2.75) is 51.5 Å². The van der Waals surface area contributed by atoms with Crippen LogP contribution in [0.2, 0.25) is 0 Å². The molecule has 1 aromatic rings. The van der Waals surface area contributed by atoms with E-state index in [2.05, 4.69) is 5.32 Å². The molecule has 2 fully saturated rings. The first-order chi connectivity index (χ1) is 14.3. The van der Waals surface area contributed by atoms with Crippen LogP contribution in [0.4, 0.5) is 18.9 Å². The summed E-state index contributed by atoms with van der Waals surface area (Å²) < 4.78 is 49.9. The lowest BCUT2D eigenvalue weighted by Crippen LogP contribution is -2.48. The van der Waals surface area contributed by atoms with Crippen LogP contribution >= 0.6 is 0 Å². The van der Waals surface area contributed by atoms with Crippen LogP contribution in [-0.2, 0) is 9.31 Å². The van der Waals surface area contributed by atoms with Crippen LogP contribution in [0, 0.1) is 0 Å². The van der Waals surface area contributed by atoms with Crippen molar-refractivity contribution in [3.63, 3.8) is 0 Å². The van der Waals surface area contributed by atoms with Crippen molar-refractivity contribution in [2.75, 3.05) is 44.7 Å². The fourth-order valence-corrected chi connectivity index (χ4v) is 3.76. The minimum Gasteiger partial charge on any atom is -0.399 e.